The number of hydrogen-bond donors (Lipinski definition) is 2. The summed E-state index contributed by atoms with van der Waals surface area (Å²) in [6.45, 7) is 5.79. The quantitative estimate of drug-likeness (QED) is 0.462. The van der Waals surface area contributed by atoms with Crippen LogP contribution in [-0.2, 0) is 13.1 Å². The van der Waals surface area contributed by atoms with E-state index in [1.54, 1.807) is 37.5 Å². The third kappa shape index (κ3) is 3.93. The maximum Gasteiger partial charge on any atom is 0.336 e. The van der Waals surface area contributed by atoms with Crippen LogP contribution < -0.4 is 10.5 Å². The summed E-state index contributed by atoms with van der Waals surface area (Å²) in [5.41, 5.74) is 1.39. The Balaban J connectivity index is 1.62. The number of phenols is 1. The van der Waals surface area contributed by atoms with Crippen LogP contribution in [0.1, 0.15) is 30.4 Å². The topological polar surface area (TPSA) is 107 Å². The number of nitrogens with zero attached hydrogens (tertiary/aromatic N) is 2. The summed E-state index contributed by atoms with van der Waals surface area (Å²) in [5.74, 6) is 1.48. The molecule has 0 aliphatic carbocycles. The summed E-state index contributed by atoms with van der Waals surface area (Å²) in [6, 6.07) is 8.44. The second-order valence-corrected chi connectivity index (χ2v) is 7.01. The average molecular weight is 396 g/mol. The van der Waals surface area contributed by atoms with Gasteiger partial charge in [0.05, 0.1) is 12.8 Å². The molecule has 0 spiro atoms. The van der Waals surface area contributed by atoms with Crippen LogP contribution in [0.4, 0.5) is 0 Å². The summed E-state index contributed by atoms with van der Waals surface area (Å²) in [7, 11) is 0. The van der Waals surface area contributed by atoms with Crippen molar-refractivity contribution in [2.24, 2.45) is 0 Å². The molecule has 4 rings (SSSR count). The van der Waals surface area contributed by atoms with Gasteiger partial charge in [0.15, 0.2) is 12.3 Å². The van der Waals surface area contributed by atoms with Gasteiger partial charge in [-0.15, -0.1) is 10.2 Å². The first kappa shape index (κ1) is 18.9. The van der Waals surface area contributed by atoms with E-state index in [-0.39, 0.29) is 5.75 Å². The Kier molecular flexibility index (Phi) is 5.18. The summed E-state index contributed by atoms with van der Waals surface area (Å²) in [6.07, 6.45) is 2.51. The molecule has 150 valence electrons. The van der Waals surface area contributed by atoms with E-state index in [1.807, 2.05) is 0 Å². The molecule has 0 saturated heterocycles. The summed E-state index contributed by atoms with van der Waals surface area (Å²) in [5, 5.41) is 18.9. The number of quaternary nitrogens is 1. The van der Waals surface area contributed by atoms with Gasteiger partial charge < -0.3 is 23.3 Å². The molecule has 8 nitrogen and oxygen atoms in total. The van der Waals surface area contributed by atoms with Crippen LogP contribution in [0, 0.1) is 6.92 Å². The van der Waals surface area contributed by atoms with Gasteiger partial charge in [-0.3, -0.25) is 0 Å². The highest BCUT2D eigenvalue weighted by atomic mass is 16.4. The van der Waals surface area contributed by atoms with E-state index in [0.29, 0.717) is 41.8 Å². The van der Waals surface area contributed by atoms with Crippen LogP contribution in [0.25, 0.3) is 22.6 Å². The van der Waals surface area contributed by atoms with E-state index in [1.165, 1.54) is 11.0 Å². The molecule has 3 heterocycles. The Morgan fingerprint density at radius 2 is 2.00 bits per heavy atom. The zero-order chi connectivity index (χ0) is 20.4. The van der Waals surface area contributed by atoms with Gasteiger partial charge in [-0.25, -0.2) is 4.79 Å². The number of furan rings is 1. The van der Waals surface area contributed by atoms with Crippen LogP contribution >= 0.6 is 0 Å². The number of rotatable bonds is 7. The van der Waals surface area contributed by atoms with E-state index < -0.39 is 5.63 Å². The van der Waals surface area contributed by atoms with Crippen molar-refractivity contribution in [1.82, 2.24) is 10.2 Å². The van der Waals surface area contributed by atoms with Crippen LogP contribution in [-0.4, -0.2) is 21.8 Å². The Hall–Kier alpha value is -3.39. The summed E-state index contributed by atoms with van der Waals surface area (Å²) in [4.78, 5) is 13.3. The zero-order valence-electron chi connectivity index (χ0n) is 16.3. The number of fused-ring (bicyclic) bond motifs is 1. The Bertz CT molecular complexity index is 1180. The zero-order valence-corrected chi connectivity index (χ0v) is 16.3. The fourth-order valence-corrected chi connectivity index (χ4v) is 3.46. The average Bonchev–Trinajstić information content (AvgIpc) is 3.37. The molecule has 29 heavy (non-hydrogen) atoms. The molecular formula is C21H22N3O5+. The van der Waals surface area contributed by atoms with E-state index in [2.05, 4.69) is 17.1 Å². The van der Waals surface area contributed by atoms with Crippen molar-refractivity contribution in [1.29, 1.82) is 0 Å². The highest BCUT2D eigenvalue weighted by Gasteiger charge is 2.19. The first-order valence-electron chi connectivity index (χ1n) is 9.50. The van der Waals surface area contributed by atoms with Crippen LogP contribution in [0.15, 0.2) is 54.6 Å². The molecule has 0 amide bonds. The van der Waals surface area contributed by atoms with Crippen molar-refractivity contribution >= 4 is 11.0 Å². The molecule has 1 unspecified atom stereocenters. The molecule has 4 aromatic rings. The number of phenolic OH excluding ortho intramolecular Hbond substituents is 1. The predicted octanol–water partition coefficient (Wildman–Crippen LogP) is 2.45. The van der Waals surface area contributed by atoms with Crippen LogP contribution in [0.3, 0.4) is 0 Å². The molecule has 3 aromatic heterocycles. The van der Waals surface area contributed by atoms with Gasteiger partial charge in [0, 0.05) is 22.6 Å². The van der Waals surface area contributed by atoms with E-state index in [4.69, 9.17) is 13.3 Å². The molecule has 0 aliphatic rings. The van der Waals surface area contributed by atoms with Gasteiger partial charge in [0.1, 0.15) is 17.9 Å². The normalized spacial score (nSPS) is 12.5. The van der Waals surface area contributed by atoms with Gasteiger partial charge in [-0.05, 0) is 37.6 Å². The first-order valence-corrected chi connectivity index (χ1v) is 9.50. The van der Waals surface area contributed by atoms with Crippen molar-refractivity contribution in [3.63, 3.8) is 0 Å². The molecule has 0 fully saturated rings. The van der Waals surface area contributed by atoms with Crippen LogP contribution in [0.2, 0.25) is 0 Å². The standard InChI is InChI=1S/C21H21N3O5/c1-3-8-24(12-18-22-23-21(28-18)17-5-4-9-27-17)11-14-10-19(26)29-20-13(2)16(25)7-6-15(14)20/h4-7,9-10,25H,3,8,11-12H2,1-2H3/p+1. The van der Waals surface area contributed by atoms with Gasteiger partial charge in [0.25, 0.3) is 11.8 Å². The maximum absolute atomic E-state index is 12.1. The van der Waals surface area contributed by atoms with Crippen molar-refractivity contribution in [2.45, 2.75) is 33.4 Å². The second-order valence-electron chi connectivity index (χ2n) is 7.01. The molecule has 1 atom stereocenters. The largest absolute Gasteiger partial charge is 0.508 e. The lowest BCUT2D eigenvalue weighted by atomic mass is 10.1. The number of aromatic nitrogens is 2. The fraction of sp³-hybridized carbons (Fsp3) is 0.286. The van der Waals surface area contributed by atoms with Crippen molar-refractivity contribution in [3.8, 4) is 17.4 Å². The van der Waals surface area contributed by atoms with Gasteiger partial charge in [-0.2, -0.15) is 0 Å². The lowest BCUT2D eigenvalue weighted by molar-refractivity contribution is -0.928. The number of aryl methyl sites for hydroxylation is 1. The Labute approximate surface area is 166 Å². The van der Waals surface area contributed by atoms with Gasteiger partial charge >= 0.3 is 5.63 Å². The van der Waals surface area contributed by atoms with E-state index >= 15 is 0 Å². The molecule has 2 N–H and O–H groups in total. The Morgan fingerprint density at radius 3 is 2.76 bits per heavy atom. The fourth-order valence-electron chi connectivity index (χ4n) is 3.46. The second kappa shape index (κ2) is 7.92. The van der Waals surface area contributed by atoms with Crippen molar-refractivity contribution < 1.29 is 23.3 Å². The third-order valence-electron chi connectivity index (χ3n) is 4.86. The molecule has 0 bridgehead atoms. The maximum atomic E-state index is 12.1. The monoisotopic (exact) mass is 396 g/mol. The van der Waals surface area contributed by atoms with E-state index in [9.17, 15) is 9.90 Å². The highest BCUT2D eigenvalue weighted by Crippen LogP contribution is 2.27. The SMILES string of the molecule is CCC[NH+](Cc1nnc(-c2ccco2)o1)Cc1cc(=O)oc2c(C)c(O)ccc12. The highest BCUT2D eigenvalue weighted by molar-refractivity contribution is 5.84. The molecule has 0 aliphatic heterocycles. The molecule has 8 heteroatoms. The number of hydrogen-bond acceptors (Lipinski definition) is 7. The van der Waals surface area contributed by atoms with Crippen LogP contribution in [0.5, 0.6) is 5.75 Å². The minimum Gasteiger partial charge on any atom is -0.508 e. The van der Waals surface area contributed by atoms with Crippen molar-refractivity contribution in [2.75, 3.05) is 6.54 Å². The lowest BCUT2D eigenvalue weighted by Gasteiger charge is -2.18. The predicted molar refractivity (Wildman–Crippen MR) is 104 cm³/mol. The van der Waals surface area contributed by atoms with Gasteiger partial charge in [0.2, 0.25) is 0 Å². The minimum atomic E-state index is -0.435. The smallest absolute Gasteiger partial charge is 0.336 e. The molecular weight excluding hydrogens is 374 g/mol. The Morgan fingerprint density at radius 1 is 1.14 bits per heavy atom. The minimum absolute atomic E-state index is 0.104. The number of benzene rings is 1. The van der Waals surface area contributed by atoms with Gasteiger partial charge in [-0.1, -0.05) is 6.92 Å². The molecule has 1 aromatic carbocycles. The number of nitrogens with one attached hydrogen (secondary N) is 1. The molecule has 0 saturated carbocycles. The third-order valence-corrected chi connectivity index (χ3v) is 4.86. The summed E-state index contributed by atoms with van der Waals surface area (Å²) < 4.78 is 16.4. The molecule has 0 radical (unpaired) electrons. The number of aromatic hydroxyl groups is 1. The van der Waals surface area contributed by atoms with E-state index in [0.717, 1.165) is 23.9 Å². The summed E-state index contributed by atoms with van der Waals surface area (Å²) >= 11 is 0. The van der Waals surface area contributed by atoms with Crippen molar-refractivity contribution in [3.05, 3.63) is 64.0 Å². The lowest BCUT2D eigenvalue weighted by Crippen LogP contribution is -3.09. The first-order chi connectivity index (χ1) is 14.0.